The molecule has 1 aromatic carbocycles. The number of nitrogens with one attached hydrogen (secondary N) is 1. The maximum absolute atomic E-state index is 11.3. The molecule has 110 valence electrons. The third-order valence-electron chi connectivity index (χ3n) is 2.88. The Morgan fingerprint density at radius 2 is 1.95 bits per heavy atom. The summed E-state index contributed by atoms with van der Waals surface area (Å²) < 4.78 is 4.66. The van der Waals surface area contributed by atoms with Crippen LogP contribution in [0.5, 0.6) is 0 Å². The van der Waals surface area contributed by atoms with Crippen LogP contribution in [-0.2, 0) is 22.4 Å². The number of hydrogen-bond donors (Lipinski definition) is 1. The SMILES string of the molecule is COC(=O)c1ccc(CCc2csc(NC(C)=O)n2)cc1. The molecule has 21 heavy (non-hydrogen) atoms. The molecular weight excluding hydrogens is 288 g/mol. The summed E-state index contributed by atoms with van der Waals surface area (Å²) in [7, 11) is 1.37. The van der Waals surface area contributed by atoms with Gasteiger partial charge in [-0.25, -0.2) is 9.78 Å². The van der Waals surface area contributed by atoms with E-state index in [0.717, 1.165) is 24.1 Å². The summed E-state index contributed by atoms with van der Waals surface area (Å²) in [5.41, 5.74) is 2.61. The molecule has 5 nitrogen and oxygen atoms in total. The molecular formula is C15H16N2O3S. The standard InChI is InChI=1S/C15H16N2O3S/c1-10(18)16-15-17-13(9-21-15)8-5-11-3-6-12(7-4-11)14(19)20-2/h3-4,6-7,9H,5,8H2,1-2H3,(H,16,17,18). The minimum Gasteiger partial charge on any atom is -0.465 e. The monoisotopic (exact) mass is 304 g/mol. The number of nitrogens with zero attached hydrogens (tertiary/aromatic N) is 1. The zero-order chi connectivity index (χ0) is 15.2. The summed E-state index contributed by atoms with van der Waals surface area (Å²) in [4.78, 5) is 26.6. The van der Waals surface area contributed by atoms with Crippen molar-refractivity contribution in [3.8, 4) is 0 Å². The smallest absolute Gasteiger partial charge is 0.337 e. The molecule has 1 aromatic heterocycles. The topological polar surface area (TPSA) is 68.3 Å². The van der Waals surface area contributed by atoms with Gasteiger partial charge in [-0.1, -0.05) is 12.1 Å². The number of thiazole rings is 1. The number of aryl methyl sites for hydroxylation is 2. The molecule has 0 bridgehead atoms. The number of rotatable bonds is 5. The third kappa shape index (κ3) is 4.39. The Labute approximate surface area is 127 Å². The maximum atomic E-state index is 11.3. The van der Waals surface area contributed by atoms with E-state index < -0.39 is 0 Å². The van der Waals surface area contributed by atoms with Crippen LogP contribution in [0, 0.1) is 0 Å². The Morgan fingerprint density at radius 1 is 1.24 bits per heavy atom. The normalized spacial score (nSPS) is 10.2. The molecule has 1 heterocycles. The number of aromatic nitrogens is 1. The van der Waals surface area contributed by atoms with Gasteiger partial charge in [-0.3, -0.25) is 4.79 Å². The van der Waals surface area contributed by atoms with E-state index in [1.807, 2.05) is 17.5 Å². The Bertz CT molecular complexity index is 635. The summed E-state index contributed by atoms with van der Waals surface area (Å²) in [6, 6.07) is 7.33. The van der Waals surface area contributed by atoms with Gasteiger partial charge in [-0.05, 0) is 30.5 Å². The molecule has 0 radical (unpaired) electrons. The molecule has 0 atom stereocenters. The van der Waals surface area contributed by atoms with E-state index in [-0.39, 0.29) is 11.9 Å². The number of esters is 1. The van der Waals surface area contributed by atoms with Gasteiger partial charge in [0.1, 0.15) is 0 Å². The van der Waals surface area contributed by atoms with Gasteiger partial charge in [0.25, 0.3) is 0 Å². The molecule has 1 N–H and O–H groups in total. The largest absolute Gasteiger partial charge is 0.465 e. The van der Waals surface area contributed by atoms with Gasteiger partial charge in [0.15, 0.2) is 5.13 Å². The highest BCUT2D eigenvalue weighted by molar-refractivity contribution is 7.13. The van der Waals surface area contributed by atoms with Crippen molar-refractivity contribution in [1.82, 2.24) is 4.98 Å². The predicted octanol–water partition coefficient (Wildman–Crippen LogP) is 2.67. The Kier molecular flexibility index (Phi) is 5.05. The molecule has 0 saturated carbocycles. The van der Waals surface area contributed by atoms with E-state index in [2.05, 4.69) is 15.0 Å². The highest BCUT2D eigenvalue weighted by Gasteiger charge is 2.06. The first kappa shape index (κ1) is 15.2. The first-order chi connectivity index (χ1) is 10.1. The number of methoxy groups -OCH3 is 1. The second kappa shape index (κ2) is 6.99. The zero-order valence-electron chi connectivity index (χ0n) is 11.9. The summed E-state index contributed by atoms with van der Waals surface area (Å²) in [5, 5.41) is 5.23. The van der Waals surface area contributed by atoms with Crippen LogP contribution in [0.1, 0.15) is 28.5 Å². The van der Waals surface area contributed by atoms with E-state index in [9.17, 15) is 9.59 Å². The van der Waals surface area contributed by atoms with Crippen LogP contribution in [-0.4, -0.2) is 24.0 Å². The van der Waals surface area contributed by atoms with Crippen molar-refractivity contribution in [3.05, 3.63) is 46.5 Å². The average Bonchev–Trinajstić information content (AvgIpc) is 2.91. The summed E-state index contributed by atoms with van der Waals surface area (Å²) in [5.74, 6) is -0.449. The van der Waals surface area contributed by atoms with Gasteiger partial charge >= 0.3 is 5.97 Å². The number of carbonyl (C=O) groups is 2. The number of amides is 1. The number of anilines is 1. The highest BCUT2D eigenvalue weighted by Crippen LogP contribution is 2.17. The van der Waals surface area contributed by atoms with Gasteiger partial charge in [0.05, 0.1) is 18.4 Å². The van der Waals surface area contributed by atoms with Crippen molar-refractivity contribution >= 4 is 28.3 Å². The molecule has 0 spiro atoms. The van der Waals surface area contributed by atoms with Crippen molar-refractivity contribution in [1.29, 1.82) is 0 Å². The van der Waals surface area contributed by atoms with Crippen LogP contribution in [0.2, 0.25) is 0 Å². The second-order valence-corrected chi connectivity index (χ2v) is 5.37. The Hall–Kier alpha value is -2.21. The van der Waals surface area contributed by atoms with Gasteiger partial charge < -0.3 is 10.1 Å². The maximum Gasteiger partial charge on any atom is 0.337 e. The third-order valence-corrected chi connectivity index (χ3v) is 3.69. The highest BCUT2D eigenvalue weighted by atomic mass is 32.1. The first-order valence-corrected chi connectivity index (χ1v) is 7.35. The molecule has 0 aliphatic carbocycles. The summed E-state index contributed by atoms with van der Waals surface area (Å²) in [6.07, 6.45) is 1.61. The van der Waals surface area contributed by atoms with Crippen LogP contribution in [0.15, 0.2) is 29.6 Å². The van der Waals surface area contributed by atoms with Crippen LogP contribution < -0.4 is 5.32 Å². The number of ether oxygens (including phenoxy) is 1. The fraction of sp³-hybridized carbons (Fsp3) is 0.267. The van der Waals surface area contributed by atoms with E-state index >= 15 is 0 Å². The molecule has 0 aliphatic rings. The molecule has 0 unspecified atom stereocenters. The van der Waals surface area contributed by atoms with Gasteiger partial charge in [-0.2, -0.15) is 0 Å². The fourth-order valence-corrected chi connectivity index (χ4v) is 2.62. The van der Waals surface area contributed by atoms with E-state index in [4.69, 9.17) is 0 Å². The van der Waals surface area contributed by atoms with Crippen LogP contribution >= 0.6 is 11.3 Å². The van der Waals surface area contributed by atoms with Crippen LogP contribution in [0.4, 0.5) is 5.13 Å². The van der Waals surface area contributed by atoms with Crippen molar-refractivity contribution in [2.45, 2.75) is 19.8 Å². The predicted molar refractivity (Wildman–Crippen MR) is 81.6 cm³/mol. The van der Waals surface area contributed by atoms with E-state index in [1.54, 1.807) is 12.1 Å². The molecule has 2 rings (SSSR count). The van der Waals surface area contributed by atoms with Gasteiger partial charge in [-0.15, -0.1) is 11.3 Å². The molecule has 0 aliphatic heterocycles. The first-order valence-electron chi connectivity index (χ1n) is 6.47. The Morgan fingerprint density at radius 3 is 2.57 bits per heavy atom. The zero-order valence-corrected chi connectivity index (χ0v) is 12.7. The van der Waals surface area contributed by atoms with E-state index in [0.29, 0.717) is 10.7 Å². The lowest BCUT2D eigenvalue weighted by molar-refractivity contribution is -0.114. The van der Waals surface area contributed by atoms with Gasteiger partial charge in [0, 0.05) is 12.3 Å². The quantitative estimate of drug-likeness (QED) is 0.862. The van der Waals surface area contributed by atoms with Crippen molar-refractivity contribution < 1.29 is 14.3 Å². The van der Waals surface area contributed by atoms with Crippen LogP contribution in [0.25, 0.3) is 0 Å². The molecule has 0 fully saturated rings. The van der Waals surface area contributed by atoms with E-state index in [1.165, 1.54) is 25.4 Å². The molecule has 1 amide bonds. The second-order valence-electron chi connectivity index (χ2n) is 4.51. The molecule has 0 saturated heterocycles. The Balaban J connectivity index is 1.92. The lowest BCUT2D eigenvalue weighted by Crippen LogP contribution is -2.05. The molecule has 2 aromatic rings. The van der Waals surface area contributed by atoms with Crippen molar-refractivity contribution in [3.63, 3.8) is 0 Å². The van der Waals surface area contributed by atoms with Gasteiger partial charge in [0.2, 0.25) is 5.91 Å². The summed E-state index contributed by atoms with van der Waals surface area (Å²) in [6.45, 7) is 1.46. The number of hydrogen-bond acceptors (Lipinski definition) is 5. The van der Waals surface area contributed by atoms with Crippen molar-refractivity contribution in [2.75, 3.05) is 12.4 Å². The lowest BCUT2D eigenvalue weighted by Gasteiger charge is -2.02. The number of benzene rings is 1. The van der Waals surface area contributed by atoms with Crippen LogP contribution in [0.3, 0.4) is 0 Å². The lowest BCUT2D eigenvalue weighted by atomic mass is 10.1. The minimum atomic E-state index is -0.332. The number of carbonyl (C=O) groups excluding carboxylic acids is 2. The average molecular weight is 304 g/mol. The minimum absolute atomic E-state index is 0.116. The summed E-state index contributed by atoms with van der Waals surface area (Å²) >= 11 is 1.42. The molecule has 6 heteroatoms. The van der Waals surface area contributed by atoms with Crippen molar-refractivity contribution in [2.24, 2.45) is 0 Å². The fourth-order valence-electron chi connectivity index (χ4n) is 1.83.